The highest BCUT2D eigenvalue weighted by Gasteiger charge is 2.11. The number of halogens is 2. The summed E-state index contributed by atoms with van der Waals surface area (Å²) >= 11 is 11.5. The Balaban J connectivity index is 2.94. The van der Waals surface area contributed by atoms with E-state index in [0.717, 1.165) is 0 Å². The first-order valence-corrected chi connectivity index (χ1v) is 4.82. The van der Waals surface area contributed by atoms with Crippen molar-refractivity contribution >= 4 is 29.2 Å². The molecule has 0 aromatic heterocycles. The van der Waals surface area contributed by atoms with E-state index in [1.807, 2.05) is 0 Å². The molecule has 0 bridgehead atoms. The number of hydrogen-bond donors (Lipinski definition) is 1. The van der Waals surface area contributed by atoms with E-state index in [-0.39, 0.29) is 16.5 Å². The molecular formula is C10H8Cl2O3. The van der Waals surface area contributed by atoms with E-state index in [1.165, 1.54) is 18.2 Å². The summed E-state index contributed by atoms with van der Waals surface area (Å²) in [5.41, 5.74) is 0. The fourth-order valence-corrected chi connectivity index (χ4v) is 1.35. The van der Waals surface area contributed by atoms with Crippen LogP contribution in [-0.2, 0) is 4.79 Å². The van der Waals surface area contributed by atoms with E-state index in [2.05, 4.69) is 0 Å². The van der Waals surface area contributed by atoms with Crippen LogP contribution in [0.25, 0.3) is 0 Å². The number of ether oxygens (including phenoxy) is 1. The Labute approximate surface area is 96.9 Å². The molecule has 0 aliphatic carbocycles. The van der Waals surface area contributed by atoms with Gasteiger partial charge in [-0.15, -0.1) is 0 Å². The lowest BCUT2D eigenvalue weighted by Gasteiger charge is -2.07. The van der Waals surface area contributed by atoms with Gasteiger partial charge in [-0.1, -0.05) is 23.2 Å². The quantitative estimate of drug-likeness (QED) is 0.658. The second-order valence-electron chi connectivity index (χ2n) is 2.63. The Morgan fingerprint density at radius 2 is 2.13 bits per heavy atom. The number of benzene rings is 1. The summed E-state index contributed by atoms with van der Waals surface area (Å²) in [6.07, 6.45) is 1.34. The first-order valence-electron chi connectivity index (χ1n) is 4.07. The molecule has 1 aromatic rings. The molecule has 0 amide bonds. The predicted octanol–water partition coefficient (Wildman–Crippen LogP) is 3.36. The first-order chi connectivity index (χ1) is 7.04. The van der Waals surface area contributed by atoms with Gasteiger partial charge in [0, 0.05) is 5.02 Å². The third kappa shape index (κ3) is 3.15. The van der Waals surface area contributed by atoms with E-state index in [1.54, 1.807) is 13.0 Å². The molecule has 0 radical (unpaired) electrons. The smallest absolute Gasteiger partial charge is 0.371 e. The molecule has 0 heterocycles. The van der Waals surface area contributed by atoms with E-state index in [4.69, 9.17) is 33.0 Å². The largest absolute Gasteiger partial charge is 0.475 e. The topological polar surface area (TPSA) is 46.5 Å². The summed E-state index contributed by atoms with van der Waals surface area (Å²) in [6.45, 7) is 1.56. The van der Waals surface area contributed by atoms with Crippen LogP contribution in [0.3, 0.4) is 0 Å². The Kier molecular flexibility index (Phi) is 4.00. The summed E-state index contributed by atoms with van der Waals surface area (Å²) in [5, 5.41) is 9.45. The average molecular weight is 247 g/mol. The maximum Gasteiger partial charge on any atom is 0.371 e. The molecule has 1 N–H and O–H groups in total. The predicted molar refractivity (Wildman–Crippen MR) is 58.5 cm³/mol. The van der Waals surface area contributed by atoms with E-state index >= 15 is 0 Å². The highest BCUT2D eigenvalue weighted by molar-refractivity contribution is 6.35. The minimum absolute atomic E-state index is 0.181. The van der Waals surface area contributed by atoms with Crippen LogP contribution in [0, 0.1) is 0 Å². The Hall–Kier alpha value is -1.19. The summed E-state index contributed by atoms with van der Waals surface area (Å²) in [5.74, 6) is -1.07. The van der Waals surface area contributed by atoms with Crippen LogP contribution >= 0.6 is 23.2 Å². The lowest BCUT2D eigenvalue weighted by atomic mass is 10.3. The molecule has 1 rings (SSSR count). The second-order valence-corrected chi connectivity index (χ2v) is 3.48. The molecular weight excluding hydrogens is 239 g/mol. The second kappa shape index (κ2) is 5.05. The van der Waals surface area contributed by atoms with Crippen molar-refractivity contribution in [2.45, 2.75) is 6.92 Å². The molecule has 0 saturated carbocycles. The molecule has 0 aliphatic rings. The zero-order chi connectivity index (χ0) is 11.4. The maximum atomic E-state index is 10.7. The van der Waals surface area contributed by atoms with Gasteiger partial charge in [0.2, 0.25) is 5.76 Å². The van der Waals surface area contributed by atoms with E-state index in [9.17, 15) is 4.79 Å². The lowest BCUT2D eigenvalue weighted by Crippen LogP contribution is -2.07. The number of carboxylic acid groups (broad SMARTS) is 1. The Morgan fingerprint density at radius 1 is 1.47 bits per heavy atom. The van der Waals surface area contributed by atoms with Crippen molar-refractivity contribution in [1.82, 2.24) is 0 Å². The number of aliphatic carboxylic acids is 1. The van der Waals surface area contributed by atoms with Crippen LogP contribution < -0.4 is 4.74 Å². The minimum atomic E-state index is -1.15. The SMILES string of the molecule is CC=C(Oc1ccc(Cl)cc1Cl)C(=O)O. The summed E-state index contributed by atoms with van der Waals surface area (Å²) in [7, 11) is 0. The molecule has 0 saturated heterocycles. The van der Waals surface area contributed by atoms with Crippen molar-refractivity contribution in [2.24, 2.45) is 0 Å². The number of carboxylic acids is 1. The van der Waals surface area contributed by atoms with Gasteiger partial charge in [0.25, 0.3) is 0 Å². The Bertz CT molecular complexity index is 413. The molecule has 0 aliphatic heterocycles. The van der Waals surface area contributed by atoms with Crippen molar-refractivity contribution in [1.29, 1.82) is 0 Å². The number of carbonyl (C=O) groups is 1. The summed E-state index contributed by atoms with van der Waals surface area (Å²) in [6, 6.07) is 4.56. The molecule has 80 valence electrons. The van der Waals surface area contributed by atoms with Gasteiger partial charge in [-0.2, -0.15) is 0 Å². The van der Waals surface area contributed by atoms with Crippen LogP contribution in [0.1, 0.15) is 6.92 Å². The first kappa shape index (κ1) is 11.9. The van der Waals surface area contributed by atoms with Gasteiger partial charge in [0.15, 0.2) is 0 Å². The summed E-state index contributed by atoms with van der Waals surface area (Å²) < 4.78 is 5.08. The van der Waals surface area contributed by atoms with Crippen LogP contribution in [0.4, 0.5) is 0 Å². The van der Waals surface area contributed by atoms with Gasteiger partial charge in [0.05, 0.1) is 5.02 Å². The fourth-order valence-electron chi connectivity index (χ4n) is 0.902. The zero-order valence-corrected chi connectivity index (χ0v) is 9.34. The molecule has 0 unspecified atom stereocenters. The standard InChI is InChI=1S/C10H8Cl2O3/c1-2-8(10(13)14)15-9-4-3-6(11)5-7(9)12/h2-5H,1H3,(H,13,14). The molecule has 0 spiro atoms. The monoisotopic (exact) mass is 246 g/mol. The molecule has 3 nitrogen and oxygen atoms in total. The van der Waals surface area contributed by atoms with Crippen LogP contribution in [0.15, 0.2) is 30.0 Å². The Morgan fingerprint density at radius 3 is 2.60 bits per heavy atom. The van der Waals surface area contributed by atoms with E-state index in [0.29, 0.717) is 5.02 Å². The molecule has 1 aromatic carbocycles. The van der Waals surface area contributed by atoms with Gasteiger partial charge in [0.1, 0.15) is 5.75 Å². The van der Waals surface area contributed by atoms with Gasteiger partial charge < -0.3 is 9.84 Å². The average Bonchev–Trinajstić information content (AvgIpc) is 2.16. The van der Waals surface area contributed by atoms with Crippen molar-refractivity contribution in [3.05, 3.63) is 40.1 Å². The number of allylic oxidation sites excluding steroid dienone is 1. The number of rotatable bonds is 3. The highest BCUT2D eigenvalue weighted by atomic mass is 35.5. The zero-order valence-electron chi connectivity index (χ0n) is 7.83. The van der Waals surface area contributed by atoms with Crippen LogP contribution in [-0.4, -0.2) is 11.1 Å². The number of hydrogen-bond acceptors (Lipinski definition) is 2. The van der Waals surface area contributed by atoms with Gasteiger partial charge in [-0.05, 0) is 31.2 Å². The van der Waals surface area contributed by atoms with Crippen LogP contribution in [0.5, 0.6) is 5.75 Å². The molecule has 15 heavy (non-hydrogen) atoms. The lowest BCUT2D eigenvalue weighted by molar-refractivity contribution is -0.135. The van der Waals surface area contributed by atoms with Gasteiger partial charge in [-0.3, -0.25) is 0 Å². The normalized spacial score (nSPS) is 11.3. The van der Waals surface area contributed by atoms with Gasteiger partial charge >= 0.3 is 5.97 Å². The van der Waals surface area contributed by atoms with Crippen molar-refractivity contribution in [2.75, 3.05) is 0 Å². The minimum Gasteiger partial charge on any atom is -0.475 e. The molecule has 0 atom stereocenters. The van der Waals surface area contributed by atoms with Crippen molar-refractivity contribution in [3.63, 3.8) is 0 Å². The summed E-state index contributed by atoms with van der Waals surface area (Å²) in [4.78, 5) is 10.7. The maximum absolute atomic E-state index is 10.7. The van der Waals surface area contributed by atoms with E-state index < -0.39 is 5.97 Å². The van der Waals surface area contributed by atoms with Crippen molar-refractivity contribution < 1.29 is 14.6 Å². The molecule has 0 fully saturated rings. The van der Waals surface area contributed by atoms with Crippen LogP contribution in [0.2, 0.25) is 10.0 Å². The highest BCUT2D eigenvalue weighted by Crippen LogP contribution is 2.28. The molecule has 5 heteroatoms. The van der Waals surface area contributed by atoms with Crippen molar-refractivity contribution in [3.8, 4) is 5.75 Å². The third-order valence-electron chi connectivity index (χ3n) is 1.59. The fraction of sp³-hybridized carbons (Fsp3) is 0.100. The van der Waals surface area contributed by atoms with Gasteiger partial charge in [-0.25, -0.2) is 4.79 Å². The third-order valence-corrected chi connectivity index (χ3v) is 2.12.